The van der Waals surface area contributed by atoms with Gasteiger partial charge in [-0.3, -0.25) is 9.59 Å². The summed E-state index contributed by atoms with van der Waals surface area (Å²) < 4.78 is 0. The fraction of sp³-hybridized carbons (Fsp3) is 0.529. The molecule has 0 bridgehead atoms. The number of fused-ring (bicyclic) bond motifs is 1. The van der Waals surface area contributed by atoms with Gasteiger partial charge in [-0.1, -0.05) is 29.8 Å². The lowest BCUT2D eigenvalue weighted by molar-refractivity contribution is -0.133. The van der Waals surface area contributed by atoms with Gasteiger partial charge in [0.25, 0.3) is 0 Å². The first kappa shape index (κ1) is 14.1. The van der Waals surface area contributed by atoms with E-state index < -0.39 is 0 Å². The topological polar surface area (TPSA) is 49.4 Å². The maximum Gasteiger partial charge on any atom is 0.223 e. The van der Waals surface area contributed by atoms with Crippen LogP contribution in [0.1, 0.15) is 49.8 Å². The molecule has 0 aliphatic carbocycles. The Morgan fingerprint density at radius 2 is 1.95 bits per heavy atom. The highest BCUT2D eigenvalue weighted by Crippen LogP contribution is 2.40. The fourth-order valence-corrected chi connectivity index (χ4v) is 3.72. The first-order valence-electron chi connectivity index (χ1n) is 7.69. The molecule has 2 saturated heterocycles. The van der Waals surface area contributed by atoms with E-state index in [4.69, 9.17) is 0 Å². The minimum Gasteiger partial charge on any atom is -0.353 e. The maximum absolute atomic E-state index is 12.2. The van der Waals surface area contributed by atoms with Crippen LogP contribution < -0.4 is 5.32 Å². The molecule has 3 rings (SSSR count). The van der Waals surface area contributed by atoms with Crippen molar-refractivity contribution in [3.8, 4) is 0 Å². The van der Waals surface area contributed by atoms with Crippen molar-refractivity contribution in [2.75, 3.05) is 0 Å². The molecular formula is C17H22N2O2. The van der Waals surface area contributed by atoms with Crippen LogP contribution in [0, 0.1) is 6.92 Å². The number of hydrogen-bond acceptors (Lipinski definition) is 2. The van der Waals surface area contributed by atoms with E-state index in [0.29, 0.717) is 6.42 Å². The Balaban J connectivity index is 1.88. The Bertz CT molecular complexity index is 552. The van der Waals surface area contributed by atoms with Crippen LogP contribution in [0.4, 0.5) is 0 Å². The number of benzene rings is 1. The summed E-state index contributed by atoms with van der Waals surface area (Å²) in [7, 11) is 0. The number of hydrogen-bond donors (Lipinski definition) is 1. The highest BCUT2D eigenvalue weighted by atomic mass is 16.2. The number of rotatable bonds is 2. The summed E-state index contributed by atoms with van der Waals surface area (Å²) in [5, 5.41) is 3.04. The zero-order valence-electron chi connectivity index (χ0n) is 12.6. The van der Waals surface area contributed by atoms with Crippen LogP contribution in [0.15, 0.2) is 24.3 Å². The molecule has 0 spiro atoms. The Kier molecular flexibility index (Phi) is 3.70. The number of aryl methyl sites for hydroxylation is 1. The van der Waals surface area contributed by atoms with Crippen molar-refractivity contribution >= 4 is 11.8 Å². The Morgan fingerprint density at radius 1 is 1.24 bits per heavy atom. The summed E-state index contributed by atoms with van der Waals surface area (Å²) in [6.07, 6.45) is 3.25. The van der Waals surface area contributed by atoms with Gasteiger partial charge in [0.15, 0.2) is 0 Å². The summed E-state index contributed by atoms with van der Waals surface area (Å²) in [5.41, 5.74) is 2.40. The monoisotopic (exact) mass is 286 g/mol. The van der Waals surface area contributed by atoms with Crippen molar-refractivity contribution in [1.29, 1.82) is 0 Å². The second-order valence-corrected chi connectivity index (χ2v) is 6.29. The predicted molar refractivity (Wildman–Crippen MR) is 80.6 cm³/mol. The summed E-state index contributed by atoms with van der Waals surface area (Å²) >= 11 is 0. The molecule has 1 N–H and O–H groups in total. The quantitative estimate of drug-likeness (QED) is 0.907. The molecule has 2 fully saturated rings. The van der Waals surface area contributed by atoms with E-state index in [0.717, 1.165) is 19.3 Å². The summed E-state index contributed by atoms with van der Waals surface area (Å²) in [4.78, 5) is 25.6. The second-order valence-electron chi connectivity index (χ2n) is 6.29. The van der Waals surface area contributed by atoms with Crippen molar-refractivity contribution < 1.29 is 9.59 Å². The molecule has 1 aromatic rings. The second kappa shape index (κ2) is 5.51. The molecule has 2 amide bonds. The highest BCUT2D eigenvalue weighted by Gasteiger charge is 2.42. The van der Waals surface area contributed by atoms with E-state index in [1.54, 1.807) is 6.92 Å². The van der Waals surface area contributed by atoms with Gasteiger partial charge in [-0.15, -0.1) is 0 Å². The highest BCUT2D eigenvalue weighted by molar-refractivity contribution is 5.79. The molecule has 0 aromatic heterocycles. The molecule has 2 aliphatic rings. The van der Waals surface area contributed by atoms with Gasteiger partial charge < -0.3 is 10.2 Å². The van der Waals surface area contributed by atoms with Gasteiger partial charge in [-0.05, 0) is 31.7 Å². The lowest BCUT2D eigenvalue weighted by Crippen LogP contribution is -2.49. The summed E-state index contributed by atoms with van der Waals surface area (Å²) in [6.45, 7) is 3.63. The molecule has 4 nitrogen and oxygen atoms in total. The minimum absolute atomic E-state index is 0.0143. The lowest BCUT2D eigenvalue weighted by atomic mass is 9.88. The third-order valence-corrected chi connectivity index (χ3v) is 4.64. The van der Waals surface area contributed by atoms with Gasteiger partial charge in [0, 0.05) is 25.4 Å². The van der Waals surface area contributed by atoms with Crippen LogP contribution in [0.5, 0.6) is 0 Å². The van der Waals surface area contributed by atoms with Crippen molar-refractivity contribution in [2.45, 2.75) is 57.7 Å². The maximum atomic E-state index is 12.2. The Labute approximate surface area is 125 Å². The number of nitrogens with one attached hydrogen (secondary N) is 1. The molecule has 21 heavy (non-hydrogen) atoms. The van der Waals surface area contributed by atoms with Crippen LogP contribution in [-0.4, -0.2) is 28.8 Å². The molecule has 1 aromatic carbocycles. The Morgan fingerprint density at radius 3 is 2.62 bits per heavy atom. The van der Waals surface area contributed by atoms with Gasteiger partial charge in [0.2, 0.25) is 11.8 Å². The molecule has 112 valence electrons. The van der Waals surface area contributed by atoms with E-state index in [9.17, 15) is 9.59 Å². The van der Waals surface area contributed by atoms with Gasteiger partial charge in [0.05, 0.1) is 6.04 Å². The molecule has 0 unspecified atom stereocenters. The van der Waals surface area contributed by atoms with Crippen molar-refractivity contribution in [3.05, 3.63) is 35.4 Å². The standard InChI is InChI=1S/C17H22N2O2/c1-11-3-5-13(6-4-11)16-10-14(18-12(2)20)9-15-7-8-17(21)19(15)16/h3-6,14-16H,7-10H2,1-2H3,(H,18,20)/t14-,15+,16-/m0/s1. The number of carbonyl (C=O) groups excluding carboxylic acids is 2. The molecular weight excluding hydrogens is 264 g/mol. The zero-order valence-corrected chi connectivity index (χ0v) is 12.6. The van der Waals surface area contributed by atoms with E-state index in [-0.39, 0.29) is 29.9 Å². The molecule has 2 aliphatic heterocycles. The molecule has 0 radical (unpaired) electrons. The minimum atomic E-state index is 0.0143. The van der Waals surface area contributed by atoms with Gasteiger partial charge in [-0.2, -0.15) is 0 Å². The lowest BCUT2D eigenvalue weighted by Gasteiger charge is -2.42. The smallest absolute Gasteiger partial charge is 0.223 e. The number of piperidine rings is 1. The average Bonchev–Trinajstić information content (AvgIpc) is 2.80. The van der Waals surface area contributed by atoms with Crippen LogP contribution >= 0.6 is 0 Å². The molecule has 3 atom stereocenters. The molecule has 0 saturated carbocycles. The summed E-state index contributed by atoms with van der Waals surface area (Å²) in [5.74, 6) is 0.271. The number of amides is 2. The van der Waals surface area contributed by atoms with Gasteiger partial charge in [-0.25, -0.2) is 0 Å². The van der Waals surface area contributed by atoms with Gasteiger partial charge >= 0.3 is 0 Å². The molecule has 4 heteroatoms. The summed E-state index contributed by atoms with van der Waals surface area (Å²) in [6, 6.07) is 8.93. The van der Waals surface area contributed by atoms with Crippen molar-refractivity contribution in [2.24, 2.45) is 0 Å². The first-order valence-corrected chi connectivity index (χ1v) is 7.69. The normalized spacial score (nSPS) is 28.4. The Hall–Kier alpha value is -1.84. The van der Waals surface area contributed by atoms with E-state index >= 15 is 0 Å². The third kappa shape index (κ3) is 2.80. The average molecular weight is 286 g/mol. The van der Waals surface area contributed by atoms with Crippen LogP contribution in [0.2, 0.25) is 0 Å². The van der Waals surface area contributed by atoms with E-state index in [2.05, 4.69) is 41.4 Å². The predicted octanol–water partition coefficient (Wildman–Crippen LogP) is 2.33. The van der Waals surface area contributed by atoms with Crippen LogP contribution in [0.25, 0.3) is 0 Å². The third-order valence-electron chi connectivity index (χ3n) is 4.64. The van der Waals surface area contributed by atoms with E-state index in [1.807, 2.05) is 0 Å². The SMILES string of the molecule is CC(=O)N[C@H]1C[C@H]2CCC(=O)N2[C@H](c2ccc(C)cc2)C1. The van der Waals surface area contributed by atoms with Crippen LogP contribution in [-0.2, 0) is 9.59 Å². The first-order chi connectivity index (χ1) is 10.0. The van der Waals surface area contributed by atoms with E-state index in [1.165, 1.54) is 11.1 Å². The largest absolute Gasteiger partial charge is 0.353 e. The van der Waals surface area contributed by atoms with Crippen molar-refractivity contribution in [1.82, 2.24) is 10.2 Å². The van der Waals surface area contributed by atoms with Crippen LogP contribution in [0.3, 0.4) is 0 Å². The fourth-order valence-electron chi connectivity index (χ4n) is 3.72. The van der Waals surface area contributed by atoms with Gasteiger partial charge in [0.1, 0.15) is 0 Å². The number of nitrogens with zero attached hydrogens (tertiary/aromatic N) is 1. The van der Waals surface area contributed by atoms with Crippen molar-refractivity contribution in [3.63, 3.8) is 0 Å². The molecule has 2 heterocycles. The zero-order chi connectivity index (χ0) is 15.0. The number of carbonyl (C=O) groups is 2.